The Balaban J connectivity index is 1.90. The normalized spacial score (nSPS) is 17.3. The molecule has 1 aliphatic rings. The van der Waals surface area contributed by atoms with E-state index in [2.05, 4.69) is 10.3 Å². The topological polar surface area (TPSA) is 71.7 Å². The maximum atomic E-state index is 11.8. The maximum Gasteiger partial charge on any atom is 0.315 e. The van der Waals surface area contributed by atoms with Crippen molar-refractivity contribution < 1.29 is 14.0 Å². The van der Waals surface area contributed by atoms with Crippen LogP contribution in [0.15, 0.2) is 39.7 Å². The van der Waals surface area contributed by atoms with Crippen LogP contribution in [0.5, 0.6) is 0 Å². The number of carbonyl (C=O) groups excluding carboxylic acids is 2. The van der Waals surface area contributed by atoms with E-state index in [1.54, 1.807) is 12.1 Å². The van der Waals surface area contributed by atoms with E-state index >= 15 is 0 Å². The highest BCUT2D eigenvalue weighted by Gasteiger charge is 2.19. The van der Waals surface area contributed by atoms with Crippen molar-refractivity contribution in [1.82, 2.24) is 5.32 Å². The number of para-hydroxylation sites is 1. The summed E-state index contributed by atoms with van der Waals surface area (Å²) >= 11 is 1.21. The number of carbonyl (C=O) groups is 2. The Morgan fingerprint density at radius 3 is 2.94 bits per heavy atom. The number of nitrogens with one attached hydrogen (secondary N) is 1. The van der Waals surface area contributed by atoms with E-state index in [1.165, 1.54) is 11.8 Å². The third-order valence-electron chi connectivity index (χ3n) is 2.43. The highest BCUT2D eigenvalue weighted by molar-refractivity contribution is 8.15. The average Bonchev–Trinajstić information content (AvgIpc) is 2.95. The first kappa shape index (κ1) is 11.0. The highest BCUT2D eigenvalue weighted by atomic mass is 32.2. The van der Waals surface area contributed by atoms with Gasteiger partial charge in [0.05, 0.1) is 5.75 Å². The lowest BCUT2D eigenvalue weighted by atomic mass is 10.2. The summed E-state index contributed by atoms with van der Waals surface area (Å²) in [5, 5.41) is 3.68. The van der Waals surface area contributed by atoms with Gasteiger partial charge in [-0.05, 0) is 12.1 Å². The number of hydrogen-bond donors (Lipinski definition) is 1. The standard InChI is InChI=1S/C12H8N2O3S/c15-10-6-18-12(13-10)14-11(16)9-5-7-3-1-2-4-8(7)17-9/h1-5H,6H2,(H,13,14,15,16). The van der Waals surface area contributed by atoms with Crippen molar-refractivity contribution in [3.63, 3.8) is 0 Å². The molecule has 18 heavy (non-hydrogen) atoms. The molecule has 0 radical (unpaired) electrons. The number of rotatable bonds is 1. The number of thioether (sulfide) groups is 1. The number of amides is 2. The molecule has 0 aliphatic carbocycles. The van der Waals surface area contributed by atoms with E-state index in [-0.39, 0.29) is 11.7 Å². The molecule has 0 bridgehead atoms. The third-order valence-corrected chi connectivity index (χ3v) is 3.30. The minimum absolute atomic E-state index is 0.142. The SMILES string of the molecule is O=C1CSC(=NC(=O)c2cc3ccccc3o2)N1. The summed E-state index contributed by atoms with van der Waals surface area (Å²) in [4.78, 5) is 26.6. The molecule has 0 spiro atoms. The molecule has 1 saturated heterocycles. The number of nitrogens with zero attached hydrogens (tertiary/aromatic N) is 1. The number of benzene rings is 1. The van der Waals surface area contributed by atoms with E-state index in [1.807, 2.05) is 18.2 Å². The molecule has 0 unspecified atom stereocenters. The molecule has 0 atom stereocenters. The van der Waals surface area contributed by atoms with Crippen molar-refractivity contribution in [3.05, 3.63) is 36.1 Å². The molecule has 2 heterocycles. The van der Waals surface area contributed by atoms with Crippen LogP contribution in [0, 0.1) is 0 Å². The number of fused-ring (bicyclic) bond motifs is 1. The Morgan fingerprint density at radius 2 is 2.22 bits per heavy atom. The van der Waals surface area contributed by atoms with E-state index < -0.39 is 5.91 Å². The van der Waals surface area contributed by atoms with E-state index in [0.29, 0.717) is 16.5 Å². The predicted molar refractivity (Wildman–Crippen MR) is 68.6 cm³/mol. The van der Waals surface area contributed by atoms with Gasteiger partial charge < -0.3 is 9.73 Å². The van der Waals surface area contributed by atoms with Gasteiger partial charge in [-0.25, -0.2) is 0 Å². The average molecular weight is 260 g/mol. The zero-order chi connectivity index (χ0) is 12.5. The lowest BCUT2D eigenvalue weighted by Gasteiger charge is -1.92. The summed E-state index contributed by atoms with van der Waals surface area (Å²) < 4.78 is 5.39. The molecule has 1 aromatic heterocycles. The minimum atomic E-state index is -0.490. The smallest absolute Gasteiger partial charge is 0.315 e. The number of hydrogen-bond acceptors (Lipinski definition) is 4. The van der Waals surface area contributed by atoms with Gasteiger partial charge in [-0.1, -0.05) is 30.0 Å². The van der Waals surface area contributed by atoms with Crippen molar-refractivity contribution in [2.75, 3.05) is 5.75 Å². The van der Waals surface area contributed by atoms with Crippen LogP contribution < -0.4 is 5.32 Å². The Kier molecular flexibility index (Phi) is 2.64. The summed E-state index contributed by atoms with van der Waals surface area (Å²) in [6, 6.07) is 8.98. The number of aliphatic imine (C=N–C) groups is 1. The summed E-state index contributed by atoms with van der Waals surface area (Å²) in [5.41, 5.74) is 0.643. The Labute approximate surface area is 106 Å². The lowest BCUT2D eigenvalue weighted by molar-refractivity contribution is -0.116. The first-order valence-electron chi connectivity index (χ1n) is 5.26. The van der Waals surface area contributed by atoms with Gasteiger partial charge in [0.25, 0.3) is 0 Å². The van der Waals surface area contributed by atoms with Crippen molar-refractivity contribution in [2.45, 2.75) is 0 Å². The van der Waals surface area contributed by atoms with Gasteiger partial charge >= 0.3 is 5.91 Å². The van der Waals surface area contributed by atoms with Crippen LogP contribution in [0.3, 0.4) is 0 Å². The van der Waals surface area contributed by atoms with Gasteiger partial charge in [0.1, 0.15) is 5.58 Å². The molecule has 1 fully saturated rings. The molecule has 1 N–H and O–H groups in total. The van der Waals surface area contributed by atoms with Crippen LogP contribution in [0.2, 0.25) is 0 Å². The fourth-order valence-corrected chi connectivity index (χ4v) is 2.29. The van der Waals surface area contributed by atoms with Crippen LogP contribution in [0.25, 0.3) is 11.0 Å². The molecular weight excluding hydrogens is 252 g/mol. The second-order valence-corrected chi connectivity index (χ2v) is 4.67. The molecule has 5 nitrogen and oxygen atoms in total. The Hall–Kier alpha value is -2.08. The van der Waals surface area contributed by atoms with Gasteiger partial charge in [-0.15, -0.1) is 0 Å². The van der Waals surface area contributed by atoms with Gasteiger partial charge in [-0.3, -0.25) is 9.59 Å². The summed E-state index contributed by atoms with van der Waals surface area (Å²) in [5.74, 6) is -0.163. The van der Waals surface area contributed by atoms with Crippen LogP contribution in [-0.2, 0) is 4.79 Å². The van der Waals surface area contributed by atoms with Crippen molar-refractivity contribution >= 4 is 39.7 Å². The molecule has 2 amide bonds. The summed E-state index contributed by atoms with van der Waals surface area (Å²) in [6.07, 6.45) is 0. The van der Waals surface area contributed by atoms with Crippen LogP contribution in [0.4, 0.5) is 0 Å². The van der Waals surface area contributed by atoms with Gasteiger partial charge in [0, 0.05) is 5.39 Å². The van der Waals surface area contributed by atoms with Gasteiger partial charge in [-0.2, -0.15) is 4.99 Å². The molecular formula is C12H8N2O3S. The van der Waals surface area contributed by atoms with Crippen molar-refractivity contribution in [2.24, 2.45) is 4.99 Å². The molecule has 0 saturated carbocycles. The molecule has 2 aromatic rings. The minimum Gasteiger partial charge on any atom is -0.451 e. The van der Waals surface area contributed by atoms with Crippen molar-refractivity contribution in [3.8, 4) is 0 Å². The molecule has 6 heteroatoms. The Bertz CT molecular complexity index is 642. The Morgan fingerprint density at radius 1 is 1.39 bits per heavy atom. The van der Waals surface area contributed by atoms with Gasteiger partial charge in [0.2, 0.25) is 5.91 Å². The fraction of sp³-hybridized carbons (Fsp3) is 0.0833. The maximum absolute atomic E-state index is 11.8. The van der Waals surface area contributed by atoms with Crippen LogP contribution in [-0.4, -0.2) is 22.7 Å². The second-order valence-electron chi connectivity index (χ2n) is 3.71. The van der Waals surface area contributed by atoms with Crippen LogP contribution in [0.1, 0.15) is 10.6 Å². The largest absolute Gasteiger partial charge is 0.451 e. The van der Waals surface area contributed by atoms with E-state index in [4.69, 9.17) is 4.42 Å². The first-order chi connectivity index (χ1) is 8.72. The van der Waals surface area contributed by atoms with Gasteiger partial charge in [0.15, 0.2) is 10.9 Å². The lowest BCUT2D eigenvalue weighted by Crippen LogP contribution is -2.21. The van der Waals surface area contributed by atoms with E-state index in [0.717, 1.165) is 5.39 Å². The molecule has 1 aromatic carbocycles. The number of furan rings is 1. The molecule has 90 valence electrons. The predicted octanol–water partition coefficient (Wildman–Crippen LogP) is 1.79. The summed E-state index contributed by atoms with van der Waals surface area (Å²) in [7, 11) is 0. The van der Waals surface area contributed by atoms with E-state index in [9.17, 15) is 9.59 Å². The quantitative estimate of drug-likeness (QED) is 0.848. The molecule has 1 aliphatic heterocycles. The molecule has 3 rings (SSSR count). The summed E-state index contributed by atoms with van der Waals surface area (Å²) in [6.45, 7) is 0. The fourth-order valence-electron chi connectivity index (χ4n) is 1.62. The second kappa shape index (κ2) is 4.30. The van der Waals surface area contributed by atoms with Crippen molar-refractivity contribution in [1.29, 1.82) is 0 Å². The monoisotopic (exact) mass is 260 g/mol. The zero-order valence-electron chi connectivity index (χ0n) is 9.17. The number of amidine groups is 1. The zero-order valence-corrected chi connectivity index (χ0v) is 9.99. The van der Waals surface area contributed by atoms with Crippen LogP contribution >= 0.6 is 11.8 Å². The first-order valence-corrected chi connectivity index (χ1v) is 6.25. The third kappa shape index (κ3) is 2.02. The highest BCUT2D eigenvalue weighted by Crippen LogP contribution is 2.20.